The SMILES string of the molecule is COc1ccc2c(c1)C(N(CC(N)=O)C(=O)c1cccnc1)CC2. The van der Waals surface area contributed by atoms with Crippen molar-refractivity contribution in [1.82, 2.24) is 9.88 Å². The Kier molecular flexibility index (Phi) is 4.46. The van der Waals surface area contributed by atoms with Gasteiger partial charge in [-0.15, -0.1) is 0 Å². The molecule has 2 amide bonds. The van der Waals surface area contributed by atoms with E-state index in [9.17, 15) is 9.59 Å². The fourth-order valence-corrected chi connectivity index (χ4v) is 3.16. The van der Waals surface area contributed by atoms with Crippen molar-refractivity contribution in [3.63, 3.8) is 0 Å². The van der Waals surface area contributed by atoms with E-state index in [-0.39, 0.29) is 18.5 Å². The van der Waals surface area contributed by atoms with Gasteiger partial charge in [-0.1, -0.05) is 6.07 Å². The number of carbonyl (C=O) groups excluding carboxylic acids is 2. The van der Waals surface area contributed by atoms with Gasteiger partial charge in [-0.05, 0) is 48.2 Å². The summed E-state index contributed by atoms with van der Waals surface area (Å²) in [5, 5.41) is 0. The number of primary amides is 1. The second kappa shape index (κ2) is 6.70. The van der Waals surface area contributed by atoms with Crippen molar-refractivity contribution in [2.75, 3.05) is 13.7 Å². The van der Waals surface area contributed by atoms with Gasteiger partial charge in [-0.25, -0.2) is 0 Å². The molecule has 0 spiro atoms. The molecule has 1 aromatic carbocycles. The van der Waals surface area contributed by atoms with Crippen molar-refractivity contribution in [3.05, 3.63) is 59.4 Å². The van der Waals surface area contributed by atoms with Crippen LogP contribution in [0.3, 0.4) is 0 Å². The highest BCUT2D eigenvalue weighted by molar-refractivity contribution is 5.96. The van der Waals surface area contributed by atoms with Gasteiger partial charge in [0, 0.05) is 12.4 Å². The van der Waals surface area contributed by atoms with Crippen molar-refractivity contribution in [2.45, 2.75) is 18.9 Å². The van der Waals surface area contributed by atoms with Crippen LogP contribution in [0.5, 0.6) is 5.75 Å². The van der Waals surface area contributed by atoms with Crippen LogP contribution in [0.2, 0.25) is 0 Å². The number of nitrogens with zero attached hydrogens (tertiary/aromatic N) is 2. The summed E-state index contributed by atoms with van der Waals surface area (Å²) in [5.74, 6) is -0.0559. The number of fused-ring (bicyclic) bond motifs is 1. The minimum atomic E-state index is -0.538. The zero-order valence-electron chi connectivity index (χ0n) is 13.4. The summed E-state index contributed by atoms with van der Waals surface area (Å²) in [7, 11) is 1.60. The quantitative estimate of drug-likeness (QED) is 0.907. The van der Waals surface area contributed by atoms with Gasteiger partial charge in [-0.2, -0.15) is 0 Å². The molecule has 0 radical (unpaired) electrons. The number of nitrogens with two attached hydrogens (primary N) is 1. The van der Waals surface area contributed by atoms with Gasteiger partial charge in [0.25, 0.3) is 5.91 Å². The van der Waals surface area contributed by atoms with Gasteiger partial charge >= 0.3 is 0 Å². The van der Waals surface area contributed by atoms with Gasteiger partial charge in [0.05, 0.1) is 18.7 Å². The van der Waals surface area contributed by atoms with Gasteiger partial charge in [0.1, 0.15) is 12.3 Å². The Morgan fingerprint density at radius 1 is 1.38 bits per heavy atom. The molecule has 1 aliphatic rings. The molecule has 24 heavy (non-hydrogen) atoms. The van der Waals surface area contributed by atoms with E-state index in [1.54, 1.807) is 25.4 Å². The number of hydrogen-bond acceptors (Lipinski definition) is 4. The first-order valence-electron chi connectivity index (χ1n) is 7.76. The molecule has 0 fully saturated rings. The lowest BCUT2D eigenvalue weighted by Gasteiger charge is -2.29. The molecule has 0 bridgehead atoms. The van der Waals surface area contributed by atoms with Crippen LogP contribution >= 0.6 is 0 Å². The number of rotatable bonds is 5. The number of amides is 2. The van der Waals surface area contributed by atoms with Crippen LogP contribution in [0.4, 0.5) is 0 Å². The molecule has 1 unspecified atom stereocenters. The molecule has 2 aromatic rings. The zero-order valence-corrected chi connectivity index (χ0v) is 13.4. The number of aromatic nitrogens is 1. The first-order chi connectivity index (χ1) is 11.6. The topological polar surface area (TPSA) is 85.5 Å². The molecular formula is C18H19N3O3. The normalized spacial score (nSPS) is 15.6. The zero-order chi connectivity index (χ0) is 17.1. The number of methoxy groups -OCH3 is 1. The van der Waals surface area contributed by atoms with E-state index in [2.05, 4.69) is 4.98 Å². The highest BCUT2D eigenvalue weighted by Gasteiger charge is 2.32. The summed E-state index contributed by atoms with van der Waals surface area (Å²) in [5.41, 5.74) is 7.99. The predicted molar refractivity (Wildman–Crippen MR) is 88.5 cm³/mol. The Morgan fingerprint density at radius 2 is 2.21 bits per heavy atom. The average Bonchev–Trinajstić information content (AvgIpc) is 3.02. The highest BCUT2D eigenvalue weighted by Crippen LogP contribution is 2.38. The van der Waals surface area contributed by atoms with Gasteiger partial charge in [-0.3, -0.25) is 14.6 Å². The average molecular weight is 325 g/mol. The molecule has 0 saturated carbocycles. The number of aryl methyl sites for hydroxylation is 1. The molecule has 1 heterocycles. The fourth-order valence-electron chi connectivity index (χ4n) is 3.16. The Bertz CT molecular complexity index is 761. The molecular weight excluding hydrogens is 306 g/mol. The van der Waals surface area contributed by atoms with E-state index in [4.69, 9.17) is 10.5 Å². The number of hydrogen-bond donors (Lipinski definition) is 1. The summed E-state index contributed by atoms with van der Waals surface area (Å²) in [6, 6.07) is 9.02. The minimum absolute atomic E-state index is 0.130. The molecule has 124 valence electrons. The smallest absolute Gasteiger partial charge is 0.256 e. The van der Waals surface area contributed by atoms with Crippen molar-refractivity contribution < 1.29 is 14.3 Å². The molecule has 1 atom stereocenters. The predicted octanol–water partition coefficient (Wildman–Crippen LogP) is 1.71. The molecule has 6 heteroatoms. The molecule has 1 aromatic heterocycles. The van der Waals surface area contributed by atoms with E-state index in [0.717, 1.165) is 29.7 Å². The van der Waals surface area contributed by atoms with Crippen molar-refractivity contribution >= 4 is 11.8 Å². The molecule has 3 rings (SSSR count). The van der Waals surface area contributed by atoms with E-state index < -0.39 is 5.91 Å². The minimum Gasteiger partial charge on any atom is -0.497 e. The fraction of sp³-hybridized carbons (Fsp3) is 0.278. The summed E-state index contributed by atoms with van der Waals surface area (Å²) in [6.45, 7) is -0.130. The van der Waals surface area contributed by atoms with E-state index >= 15 is 0 Å². The maximum absolute atomic E-state index is 12.9. The van der Waals surface area contributed by atoms with E-state index in [0.29, 0.717) is 5.56 Å². The highest BCUT2D eigenvalue weighted by atomic mass is 16.5. The maximum Gasteiger partial charge on any atom is 0.256 e. The summed E-state index contributed by atoms with van der Waals surface area (Å²) < 4.78 is 5.29. The van der Waals surface area contributed by atoms with Gasteiger partial charge < -0.3 is 15.4 Å². The van der Waals surface area contributed by atoms with Crippen LogP contribution in [0, 0.1) is 0 Å². The molecule has 6 nitrogen and oxygen atoms in total. The standard InChI is InChI=1S/C18H19N3O3/c1-24-14-6-4-12-5-7-16(15(12)9-14)21(11-17(19)22)18(23)13-3-2-8-20-10-13/h2-4,6,8-10,16H,5,7,11H2,1H3,(H2,19,22). The lowest BCUT2D eigenvalue weighted by atomic mass is 10.1. The number of pyridine rings is 1. The van der Waals surface area contributed by atoms with Crippen molar-refractivity contribution in [2.24, 2.45) is 5.73 Å². The van der Waals surface area contributed by atoms with Crippen LogP contribution < -0.4 is 10.5 Å². The third-order valence-electron chi connectivity index (χ3n) is 4.27. The van der Waals surface area contributed by atoms with Crippen LogP contribution in [-0.4, -0.2) is 35.4 Å². The van der Waals surface area contributed by atoms with Crippen LogP contribution in [0.15, 0.2) is 42.7 Å². The third kappa shape index (κ3) is 3.08. The molecule has 0 saturated heterocycles. The summed E-state index contributed by atoms with van der Waals surface area (Å²) in [4.78, 5) is 29.9. The second-order valence-corrected chi connectivity index (χ2v) is 5.76. The monoisotopic (exact) mass is 325 g/mol. The molecule has 0 aliphatic heterocycles. The van der Waals surface area contributed by atoms with Gasteiger partial charge in [0.2, 0.25) is 5.91 Å². The summed E-state index contributed by atoms with van der Waals surface area (Å²) >= 11 is 0. The summed E-state index contributed by atoms with van der Waals surface area (Å²) in [6.07, 6.45) is 4.70. The largest absolute Gasteiger partial charge is 0.497 e. The molecule has 1 aliphatic carbocycles. The number of benzene rings is 1. The Labute approximate surface area is 140 Å². The third-order valence-corrected chi connectivity index (χ3v) is 4.27. The number of carbonyl (C=O) groups is 2. The van der Waals surface area contributed by atoms with E-state index in [1.165, 1.54) is 11.1 Å². The molecule has 2 N–H and O–H groups in total. The number of ether oxygens (including phenoxy) is 1. The van der Waals surface area contributed by atoms with Crippen LogP contribution in [0.1, 0.15) is 33.9 Å². The van der Waals surface area contributed by atoms with Gasteiger partial charge in [0.15, 0.2) is 0 Å². The maximum atomic E-state index is 12.9. The lowest BCUT2D eigenvalue weighted by molar-refractivity contribution is -0.119. The Morgan fingerprint density at radius 3 is 2.88 bits per heavy atom. The lowest BCUT2D eigenvalue weighted by Crippen LogP contribution is -2.40. The first kappa shape index (κ1) is 16.0. The van der Waals surface area contributed by atoms with Crippen LogP contribution in [0.25, 0.3) is 0 Å². The van der Waals surface area contributed by atoms with Crippen molar-refractivity contribution in [3.8, 4) is 5.75 Å². The van der Waals surface area contributed by atoms with E-state index in [1.807, 2.05) is 18.2 Å². The Hall–Kier alpha value is -2.89. The Balaban J connectivity index is 1.97. The second-order valence-electron chi connectivity index (χ2n) is 5.76. The van der Waals surface area contributed by atoms with Crippen LogP contribution in [-0.2, 0) is 11.2 Å². The van der Waals surface area contributed by atoms with Crippen molar-refractivity contribution in [1.29, 1.82) is 0 Å². The first-order valence-corrected chi connectivity index (χ1v) is 7.76.